The molecule has 0 amide bonds. The minimum Gasteiger partial charge on any atom is -0.370 e. The van der Waals surface area contributed by atoms with E-state index in [-0.39, 0.29) is 29.5 Å². The van der Waals surface area contributed by atoms with Crippen molar-refractivity contribution in [2.24, 2.45) is 10.7 Å². The normalized spacial score (nSPS) is 12.1. The molecule has 6 heteroatoms. The molecule has 5 nitrogen and oxygen atoms in total. The Balaban J connectivity index is 0.00000256. The second-order valence-corrected chi connectivity index (χ2v) is 4.76. The van der Waals surface area contributed by atoms with Crippen LogP contribution in [0.4, 0.5) is 0 Å². The van der Waals surface area contributed by atoms with Crippen LogP contribution in [-0.2, 0) is 6.54 Å². The number of nitrogens with two attached hydrogens (primary N) is 1. The maximum atomic E-state index is 5.74. The molecule has 0 bridgehead atoms. The summed E-state index contributed by atoms with van der Waals surface area (Å²) in [4.78, 5) is 4.25. The number of hydrogen-bond donors (Lipinski definition) is 2. The maximum Gasteiger partial charge on any atom is 0.188 e. The first-order valence-electron chi connectivity index (χ1n) is 5.53. The summed E-state index contributed by atoms with van der Waals surface area (Å²) in [5.74, 6) is 0.507. The zero-order valence-electron chi connectivity index (χ0n) is 10.7. The standard InChI is InChI=1S/C11H21N5.HI/c1-11(2,3)15-10(12)13-6-4-8-16-9-5-7-14-16;/h5,7,9H,4,6,8H2,1-3H3,(H3,12,13,15);1H. The summed E-state index contributed by atoms with van der Waals surface area (Å²) >= 11 is 0. The third-order valence-corrected chi connectivity index (χ3v) is 1.89. The number of nitrogens with one attached hydrogen (secondary N) is 1. The number of aromatic nitrogens is 2. The van der Waals surface area contributed by atoms with Crippen LogP contribution in [0.1, 0.15) is 27.2 Å². The molecular weight excluding hydrogens is 329 g/mol. The van der Waals surface area contributed by atoms with E-state index in [0.717, 1.165) is 19.5 Å². The van der Waals surface area contributed by atoms with Crippen LogP contribution in [0.5, 0.6) is 0 Å². The number of rotatable bonds is 4. The topological polar surface area (TPSA) is 68.2 Å². The molecule has 0 atom stereocenters. The summed E-state index contributed by atoms with van der Waals surface area (Å²) in [6.45, 7) is 7.76. The van der Waals surface area contributed by atoms with Crippen molar-refractivity contribution >= 4 is 29.9 Å². The van der Waals surface area contributed by atoms with E-state index in [1.807, 2.05) is 16.9 Å². The van der Waals surface area contributed by atoms with E-state index in [9.17, 15) is 0 Å². The van der Waals surface area contributed by atoms with Gasteiger partial charge in [0.15, 0.2) is 5.96 Å². The van der Waals surface area contributed by atoms with Crippen LogP contribution in [0.2, 0.25) is 0 Å². The summed E-state index contributed by atoms with van der Waals surface area (Å²) in [6, 6.07) is 1.92. The first kappa shape index (κ1) is 16.2. The van der Waals surface area contributed by atoms with Crippen molar-refractivity contribution in [2.75, 3.05) is 6.54 Å². The van der Waals surface area contributed by atoms with Crippen molar-refractivity contribution in [3.8, 4) is 0 Å². The van der Waals surface area contributed by atoms with Crippen molar-refractivity contribution in [1.82, 2.24) is 15.1 Å². The third-order valence-electron chi connectivity index (χ3n) is 1.89. The van der Waals surface area contributed by atoms with Crippen LogP contribution < -0.4 is 11.1 Å². The van der Waals surface area contributed by atoms with Gasteiger partial charge in [-0.1, -0.05) is 0 Å². The van der Waals surface area contributed by atoms with Gasteiger partial charge in [0.25, 0.3) is 0 Å². The number of aliphatic imine (C=N–C) groups is 1. The molecule has 0 aliphatic heterocycles. The molecule has 0 spiro atoms. The van der Waals surface area contributed by atoms with Gasteiger partial charge in [-0.05, 0) is 33.3 Å². The predicted octanol–water partition coefficient (Wildman–Crippen LogP) is 1.59. The summed E-state index contributed by atoms with van der Waals surface area (Å²) in [5, 5.41) is 7.23. The van der Waals surface area contributed by atoms with E-state index >= 15 is 0 Å². The van der Waals surface area contributed by atoms with Crippen molar-refractivity contribution in [3.63, 3.8) is 0 Å². The summed E-state index contributed by atoms with van der Waals surface area (Å²) in [5.41, 5.74) is 5.70. The zero-order valence-corrected chi connectivity index (χ0v) is 13.0. The molecule has 1 aromatic rings. The number of halogens is 1. The Morgan fingerprint density at radius 3 is 2.71 bits per heavy atom. The molecule has 1 rings (SSSR count). The fraction of sp³-hybridized carbons (Fsp3) is 0.636. The van der Waals surface area contributed by atoms with Gasteiger partial charge in [0.2, 0.25) is 0 Å². The molecule has 3 N–H and O–H groups in total. The van der Waals surface area contributed by atoms with Crippen LogP contribution >= 0.6 is 24.0 Å². The van der Waals surface area contributed by atoms with Crippen molar-refractivity contribution in [2.45, 2.75) is 39.3 Å². The van der Waals surface area contributed by atoms with Gasteiger partial charge < -0.3 is 11.1 Å². The van der Waals surface area contributed by atoms with Gasteiger partial charge in [-0.2, -0.15) is 5.10 Å². The van der Waals surface area contributed by atoms with Gasteiger partial charge in [-0.3, -0.25) is 9.67 Å². The summed E-state index contributed by atoms with van der Waals surface area (Å²) < 4.78 is 1.89. The molecule has 98 valence electrons. The lowest BCUT2D eigenvalue weighted by Gasteiger charge is -2.20. The number of aryl methyl sites for hydroxylation is 1. The lowest BCUT2D eigenvalue weighted by Crippen LogP contribution is -2.45. The highest BCUT2D eigenvalue weighted by molar-refractivity contribution is 14.0. The highest BCUT2D eigenvalue weighted by Crippen LogP contribution is 1.97. The van der Waals surface area contributed by atoms with Crippen LogP contribution in [0.3, 0.4) is 0 Å². The third kappa shape index (κ3) is 8.00. The quantitative estimate of drug-likeness (QED) is 0.375. The van der Waals surface area contributed by atoms with Crippen molar-refractivity contribution in [1.29, 1.82) is 0 Å². The minimum absolute atomic E-state index is 0. The van der Waals surface area contributed by atoms with Crippen LogP contribution in [-0.4, -0.2) is 27.8 Å². The Kier molecular flexibility index (Phi) is 7.17. The highest BCUT2D eigenvalue weighted by Gasteiger charge is 2.09. The predicted molar refractivity (Wildman–Crippen MR) is 81.6 cm³/mol. The molecule has 0 radical (unpaired) electrons. The Labute approximate surface area is 120 Å². The Morgan fingerprint density at radius 2 is 2.18 bits per heavy atom. The van der Waals surface area contributed by atoms with Gasteiger partial charge in [0, 0.05) is 31.0 Å². The minimum atomic E-state index is -0.0322. The van der Waals surface area contributed by atoms with E-state index < -0.39 is 0 Å². The molecule has 0 aliphatic carbocycles. The molecule has 0 unspecified atom stereocenters. The van der Waals surface area contributed by atoms with Crippen LogP contribution in [0, 0.1) is 0 Å². The lowest BCUT2D eigenvalue weighted by atomic mass is 10.1. The Bertz CT molecular complexity index is 326. The van der Waals surface area contributed by atoms with E-state index in [1.165, 1.54) is 0 Å². The molecule has 0 saturated heterocycles. The van der Waals surface area contributed by atoms with Crippen LogP contribution in [0.25, 0.3) is 0 Å². The highest BCUT2D eigenvalue weighted by atomic mass is 127. The first-order valence-corrected chi connectivity index (χ1v) is 5.53. The molecule has 0 saturated carbocycles. The summed E-state index contributed by atoms with van der Waals surface area (Å²) in [6.07, 6.45) is 4.66. The van der Waals surface area contributed by atoms with E-state index in [2.05, 4.69) is 36.2 Å². The molecule has 0 aliphatic rings. The molecular formula is C11H22IN5. The second-order valence-electron chi connectivity index (χ2n) is 4.76. The monoisotopic (exact) mass is 351 g/mol. The van der Waals surface area contributed by atoms with Gasteiger partial charge in [0.05, 0.1) is 0 Å². The largest absolute Gasteiger partial charge is 0.370 e. The number of hydrogen-bond acceptors (Lipinski definition) is 2. The number of guanidine groups is 1. The zero-order chi connectivity index (χ0) is 12.0. The molecule has 0 fully saturated rings. The molecule has 1 aromatic heterocycles. The van der Waals surface area contributed by atoms with Crippen molar-refractivity contribution < 1.29 is 0 Å². The smallest absolute Gasteiger partial charge is 0.188 e. The molecule has 1 heterocycles. The van der Waals surface area contributed by atoms with E-state index in [1.54, 1.807) is 6.20 Å². The van der Waals surface area contributed by atoms with Gasteiger partial charge in [-0.25, -0.2) is 0 Å². The molecule has 17 heavy (non-hydrogen) atoms. The lowest BCUT2D eigenvalue weighted by molar-refractivity contribution is 0.507. The van der Waals surface area contributed by atoms with Crippen LogP contribution in [0.15, 0.2) is 23.5 Å². The maximum absolute atomic E-state index is 5.74. The van der Waals surface area contributed by atoms with E-state index in [4.69, 9.17) is 5.73 Å². The van der Waals surface area contributed by atoms with Crippen molar-refractivity contribution in [3.05, 3.63) is 18.5 Å². The average Bonchev–Trinajstić information content (AvgIpc) is 2.62. The average molecular weight is 351 g/mol. The molecule has 0 aromatic carbocycles. The first-order chi connectivity index (χ1) is 7.47. The van der Waals surface area contributed by atoms with E-state index in [0.29, 0.717) is 5.96 Å². The Hall–Kier alpha value is -0.790. The fourth-order valence-corrected chi connectivity index (χ4v) is 1.29. The number of nitrogens with zero attached hydrogens (tertiary/aromatic N) is 3. The fourth-order valence-electron chi connectivity index (χ4n) is 1.29. The Morgan fingerprint density at radius 1 is 1.47 bits per heavy atom. The second kappa shape index (κ2) is 7.52. The van der Waals surface area contributed by atoms with Gasteiger partial charge in [0.1, 0.15) is 0 Å². The SMILES string of the molecule is CC(C)(C)NC(N)=NCCCn1cccn1.I. The van der Waals surface area contributed by atoms with Gasteiger partial charge in [-0.15, -0.1) is 24.0 Å². The summed E-state index contributed by atoms with van der Waals surface area (Å²) in [7, 11) is 0. The van der Waals surface area contributed by atoms with Gasteiger partial charge >= 0.3 is 0 Å².